The highest BCUT2D eigenvalue weighted by molar-refractivity contribution is 5.98. The summed E-state index contributed by atoms with van der Waals surface area (Å²) in [5.41, 5.74) is 0.537. The van der Waals surface area contributed by atoms with Gasteiger partial charge >= 0.3 is 0 Å². The molecule has 1 heterocycles. The molecule has 0 spiro atoms. The molecule has 1 aromatic carbocycles. The third-order valence-corrected chi connectivity index (χ3v) is 4.52. The van der Waals surface area contributed by atoms with Crippen LogP contribution in [0, 0.1) is 0 Å². The molecule has 0 atom stereocenters. The first kappa shape index (κ1) is 19.1. The van der Waals surface area contributed by atoms with Gasteiger partial charge in [-0.1, -0.05) is 6.92 Å². The van der Waals surface area contributed by atoms with E-state index in [4.69, 9.17) is 9.47 Å². The van der Waals surface area contributed by atoms with E-state index in [1.165, 1.54) is 18.9 Å². The second-order valence-corrected chi connectivity index (χ2v) is 5.96. The fraction of sp³-hybridized carbons (Fsp3) is 0.556. The van der Waals surface area contributed by atoms with Gasteiger partial charge in [-0.15, -0.1) is 0 Å². The summed E-state index contributed by atoms with van der Waals surface area (Å²) in [4.78, 5) is 30.4. The number of nitrogens with zero attached hydrogens (tertiary/aromatic N) is 3. The third kappa shape index (κ3) is 4.63. The van der Waals surface area contributed by atoms with Gasteiger partial charge in [-0.25, -0.2) is 0 Å². The third-order valence-electron chi connectivity index (χ3n) is 4.52. The first-order chi connectivity index (χ1) is 12.0. The van der Waals surface area contributed by atoms with Gasteiger partial charge in [0.1, 0.15) is 18.0 Å². The molecule has 2 amide bonds. The smallest absolute Gasteiger partial charge is 0.242 e. The highest BCUT2D eigenvalue weighted by atomic mass is 16.5. The largest absolute Gasteiger partial charge is 0.497 e. The number of carbonyl (C=O) groups excluding carboxylic acids is 2. The average Bonchev–Trinajstić information content (AvgIpc) is 2.65. The van der Waals surface area contributed by atoms with Crippen molar-refractivity contribution in [1.29, 1.82) is 0 Å². The number of likely N-dealkylation sites (N-methyl/N-ethyl adjacent to an activating group) is 1. The lowest BCUT2D eigenvalue weighted by Gasteiger charge is -2.35. The molecule has 138 valence electrons. The van der Waals surface area contributed by atoms with E-state index >= 15 is 0 Å². The van der Waals surface area contributed by atoms with Gasteiger partial charge in [0.25, 0.3) is 0 Å². The van der Waals surface area contributed by atoms with E-state index in [2.05, 4.69) is 11.8 Å². The molecule has 0 aliphatic carbocycles. The van der Waals surface area contributed by atoms with Gasteiger partial charge in [0.15, 0.2) is 0 Å². The molecular formula is C18H27N3O4. The highest BCUT2D eigenvalue weighted by Crippen LogP contribution is 2.32. The van der Waals surface area contributed by atoms with Gasteiger partial charge in [0, 0.05) is 39.2 Å². The predicted octanol–water partition coefficient (Wildman–Crippen LogP) is 1.22. The lowest BCUT2D eigenvalue weighted by atomic mass is 10.2. The maximum Gasteiger partial charge on any atom is 0.242 e. The Balaban J connectivity index is 2.16. The standard InChI is InChI=1S/C18H27N3O4/c1-5-19-8-10-20(11-9-19)18(23)13-21(14(2)22)16-12-15(24-3)6-7-17(16)25-4/h6-7,12H,5,8-11,13H2,1-4H3. The molecule has 2 rings (SSSR count). The molecule has 0 N–H and O–H groups in total. The number of methoxy groups -OCH3 is 2. The Bertz CT molecular complexity index is 612. The van der Waals surface area contributed by atoms with Crippen molar-refractivity contribution in [2.45, 2.75) is 13.8 Å². The number of carbonyl (C=O) groups is 2. The number of piperazine rings is 1. The summed E-state index contributed by atoms with van der Waals surface area (Å²) in [5.74, 6) is 0.855. The van der Waals surface area contributed by atoms with E-state index < -0.39 is 0 Å². The van der Waals surface area contributed by atoms with Crippen molar-refractivity contribution in [3.63, 3.8) is 0 Å². The Morgan fingerprint density at radius 1 is 1.12 bits per heavy atom. The van der Waals surface area contributed by atoms with Crippen molar-refractivity contribution >= 4 is 17.5 Å². The molecule has 25 heavy (non-hydrogen) atoms. The Kier molecular flexibility index (Phi) is 6.64. The number of hydrogen-bond acceptors (Lipinski definition) is 5. The summed E-state index contributed by atoms with van der Waals surface area (Å²) in [5, 5.41) is 0. The van der Waals surface area contributed by atoms with Crippen LogP contribution in [0.2, 0.25) is 0 Å². The van der Waals surface area contributed by atoms with Crippen LogP contribution in [0.4, 0.5) is 5.69 Å². The van der Waals surface area contributed by atoms with Crippen molar-refractivity contribution in [3.8, 4) is 11.5 Å². The van der Waals surface area contributed by atoms with Gasteiger partial charge in [-0.3, -0.25) is 14.5 Å². The topological polar surface area (TPSA) is 62.3 Å². The summed E-state index contributed by atoms with van der Waals surface area (Å²) < 4.78 is 10.6. The van der Waals surface area contributed by atoms with Crippen molar-refractivity contribution < 1.29 is 19.1 Å². The van der Waals surface area contributed by atoms with Crippen molar-refractivity contribution in [1.82, 2.24) is 9.80 Å². The van der Waals surface area contributed by atoms with Crippen LogP contribution >= 0.6 is 0 Å². The fourth-order valence-corrected chi connectivity index (χ4v) is 2.92. The summed E-state index contributed by atoms with van der Waals surface area (Å²) >= 11 is 0. The minimum atomic E-state index is -0.216. The van der Waals surface area contributed by atoms with E-state index in [-0.39, 0.29) is 18.4 Å². The second-order valence-electron chi connectivity index (χ2n) is 5.96. The van der Waals surface area contributed by atoms with E-state index in [9.17, 15) is 9.59 Å². The molecule has 7 heteroatoms. The zero-order valence-corrected chi connectivity index (χ0v) is 15.4. The van der Waals surface area contributed by atoms with Crippen LogP contribution in [0.3, 0.4) is 0 Å². The first-order valence-electron chi connectivity index (χ1n) is 8.50. The zero-order chi connectivity index (χ0) is 18.4. The zero-order valence-electron chi connectivity index (χ0n) is 15.4. The van der Waals surface area contributed by atoms with Crippen LogP contribution in [0.1, 0.15) is 13.8 Å². The molecule has 0 saturated carbocycles. The number of benzene rings is 1. The van der Waals surface area contributed by atoms with Crippen LogP contribution in [0.5, 0.6) is 11.5 Å². The molecule has 0 aromatic heterocycles. The summed E-state index contributed by atoms with van der Waals surface area (Å²) in [6.07, 6.45) is 0. The first-order valence-corrected chi connectivity index (χ1v) is 8.50. The molecule has 1 aromatic rings. The summed E-state index contributed by atoms with van der Waals surface area (Å²) in [7, 11) is 3.09. The second kappa shape index (κ2) is 8.71. The monoisotopic (exact) mass is 349 g/mol. The average molecular weight is 349 g/mol. The maximum atomic E-state index is 12.7. The lowest BCUT2D eigenvalue weighted by Crippen LogP contribution is -2.51. The minimum Gasteiger partial charge on any atom is -0.497 e. The lowest BCUT2D eigenvalue weighted by molar-refractivity contribution is -0.132. The van der Waals surface area contributed by atoms with Crippen LogP contribution in [-0.4, -0.2) is 75.1 Å². The molecule has 1 aliphatic rings. The SMILES string of the molecule is CCN1CCN(C(=O)CN(C(C)=O)c2cc(OC)ccc2OC)CC1. The van der Waals surface area contributed by atoms with Crippen LogP contribution in [-0.2, 0) is 9.59 Å². The quantitative estimate of drug-likeness (QED) is 0.773. The van der Waals surface area contributed by atoms with Crippen molar-refractivity contribution in [3.05, 3.63) is 18.2 Å². The number of rotatable bonds is 6. The molecular weight excluding hydrogens is 322 g/mol. The maximum absolute atomic E-state index is 12.7. The Hall–Kier alpha value is -2.28. The van der Waals surface area contributed by atoms with E-state index in [1.54, 1.807) is 25.3 Å². The highest BCUT2D eigenvalue weighted by Gasteiger charge is 2.25. The molecule has 1 saturated heterocycles. The molecule has 0 radical (unpaired) electrons. The number of anilines is 1. The molecule has 0 unspecified atom stereocenters. The Labute approximate surface area is 149 Å². The summed E-state index contributed by atoms with van der Waals surface area (Å²) in [6, 6.07) is 5.20. The Morgan fingerprint density at radius 2 is 1.80 bits per heavy atom. The normalized spacial score (nSPS) is 15.0. The van der Waals surface area contributed by atoms with Gasteiger partial charge in [-0.05, 0) is 18.7 Å². The predicted molar refractivity (Wildman–Crippen MR) is 96.3 cm³/mol. The van der Waals surface area contributed by atoms with Gasteiger partial charge in [-0.2, -0.15) is 0 Å². The minimum absolute atomic E-state index is 0.00894. The fourth-order valence-electron chi connectivity index (χ4n) is 2.92. The van der Waals surface area contributed by atoms with E-state index in [1.807, 2.05) is 4.90 Å². The van der Waals surface area contributed by atoms with Gasteiger partial charge in [0.05, 0.1) is 19.9 Å². The molecule has 1 fully saturated rings. The van der Waals surface area contributed by atoms with Crippen LogP contribution in [0.15, 0.2) is 18.2 Å². The van der Waals surface area contributed by atoms with E-state index in [0.29, 0.717) is 30.3 Å². The number of hydrogen-bond donors (Lipinski definition) is 0. The summed E-state index contributed by atoms with van der Waals surface area (Å²) in [6.45, 7) is 7.65. The van der Waals surface area contributed by atoms with Crippen molar-refractivity contribution in [2.24, 2.45) is 0 Å². The molecule has 7 nitrogen and oxygen atoms in total. The number of ether oxygens (including phenoxy) is 2. The van der Waals surface area contributed by atoms with Crippen molar-refractivity contribution in [2.75, 3.05) is 58.4 Å². The Morgan fingerprint density at radius 3 is 2.32 bits per heavy atom. The molecule has 0 bridgehead atoms. The van der Waals surface area contributed by atoms with E-state index in [0.717, 1.165) is 19.6 Å². The molecule has 1 aliphatic heterocycles. The van der Waals surface area contributed by atoms with Gasteiger partial charge < -0.3 is 19.3 Å². The van der Waals surface area contributed by atoms with Crippen LogP contribution in [0.25, 0.3) is 0 Å². The van der Waals surface area contributed by atoms with Gasteiger partial charge in [0.2, 0.25) is 11.8 Å². The number of amides is 2. The van der Waals surface area contributed by atoms with Crippen LogP contribution < -0.4 is 14.4 Å².